The average Bonchev–Trinajstić information content (AvgIpc) is 2.39. The number of aryl methyl sites for hydroxylation is 1. The van der Waals surface area contributed by atoms with Crippen molar-refractivity contribution in [1.82, 2.24) is 5.32 Å². The van der Waals surface area contributed by atoms with Gasteiger partial charge in [-0.05, 0) is 37.8 Å². The molecule has 0 atom stereocenters. The first-order valence-corrected chi connectivity index (χ1v) is 6.95. The predicted octanol–water partition coefficient (Wildman–Crippen LogP) is 3.17. The molecular formula is C15H22ClNO. The Morgan fingerprint density at radius 3 is 2.28 bits per heavy atom. The molecule has 0 unspecified atom stereocenters. The maximum absolute atomic E-state index is 11.8. The zero-order chi connectivity index (χ0) is 13.6. The SMILES string of the molecule is CCc1ccc(CCNC(=O)C(C)(C)CCl)cc1. The molecule has 0 bridgehead atoms. The molecule has 0 saturated carbocycles. The molecule has 2 nitrogen and oxygen atoms in total. The molecule has 100 valence electrons. The fourth-order valence-electron chi connectivity index (χ4n) is 1.56. The summed E-state index contributed by atoms with van der Waals surface area (Å²) in [6.07, 6.45) is 1.91. The van der Waals surface area contributed by atoms with Gasteiger partial charge >= 0.3 is 0 Å². The van der Waals surface area contributed by atoms with Gasteiger partial charge in [0.1, 0.15) is 0 Å². The molecule has 1 aromatic rings. The molecule has 0 saturated heterocycles. The van der Waals surface area contributed by atoms with Gasteiger partial charge in [0.05, 0.1) is 5.41 Å². The molecule has 0 radical (unpaired) electrons. The summed E-state index contributed by atoms with van der Waals surface area (Å²) >= 11 is 5.76. The molecule has 0 aliphatic carbocycles. The number of rotatable bonds is 6. The largest absolute Gasteiger partial charge is 0.355 e. The van der Waals surface area contributed by atoms with E-state index in [9.17, 15) is 4.79 Å². The van der Waals surface area contributed by atoms with E-state index in [-0.39, 0.29) is 5.91 Å². The fourth-order valence-corrected chi connectivity index (χ4v) is 1.68. The van der Waals surface area contributed by atoms with Crippen molar-refractivity contribution < 1.29 is 4.79 Å². The Kier molecular flexibility index (Phi) is 5.67. The first-order valence-electron chi connectivity index (χ1n) is 6.41. The standard InChI is InChI=1S/C15H22ClNO/c1-4-12-5-7-13(8-6-12)9-10-17-14(18)15(2,3)11-16/h5-8H,4,9-11H2,1-3H3,(H,17,18). The molecule has 0 fully saturated rings. The van der Waals surface area contributed by atoms with Crippen LogP contribution in [0.4, 0.5) is 0 Å². The number of halogens is 1. The van der Waals surface area contributed by atoms with Crippen molar-refractivity contribution >= 4 is 17.5 Å². The van der Waals surface area contributed by atoms with Crippen LogP contribution < -0.4 is 5.32 Å². The summed E-state index contributed by atoms with van der Waals surface area (Å²) in [4.78, 5) is 11.8. The monoisotopic (exact) mass is 267 g/mol. The van der Waals surface area contributed by atoms with Crippen molar-refractivity contribution in [1.29, 1.82) is 0 Å². The molecule has 0 aromatic heterocycles. The Hall–Kier alpha value is -1.02. The van der Waals surface area contributed by atoms with Gasteiger partial charge in [0.25, 0.3) is 0 Å². The zero-order valence-corrected chi connectivity index (χ0v) is 12.2. The molecule has 0 aliphatic heterocycles. The van der Waals surface area contributed by atoms with Gasteiger partial charge in [-0.2, -0.15) is 0 Å². The Morgan fingerprint density at radius 1 is 1.22 bits per heavy atom. The van der Waals surface area contributed by atoms with E-state index in [2.05, 4.69) is 36.5 Å². The highest BCUT2D eigenvalue weighted by molar-refractivity contribution is 6.19. The number of carbonyl (C=O) groups excluding carboxylic acids is 1. The van der Waals surface area contributed by atoms with Gasteiger partial charge in [0.15, 0.2) is 0 Å². The zero-order valence-electron chi connectivity index (χ0n) is 11.4. The molecule has 1 rings (SSSR count). The third kappa shape index (κ3) is 4.34. The molecular weight excluding hydrogens is 246 g/mol. The van der Waals surface area contributed by atoms with E-state index in [0.29, 0.717) is 12.4 Å². The lowest BCUT2D eigenvalue weighted by atomic mass is 9.95. The van der Waals surface area contributed by atoms with Crippen LogP contribution in [0.2, 0.25) is 0 Å². The van der Waals surface area contributed by atoms with Crippen LogP contribution in [0.25, 0.3) is 0 Å². The highest BCUT2D eigenvalue weighted by Gasteiger charge is 2.25. The van der Waals surface area contributed by atoms with Gasteiger partial charge in [-0.25, -0.2) is 0 Å². The fraction of sp³-hybridized carbons (Fsp3) is 0.533. The molecule has 1 aromatic carbocycles. The lowest BCUT2D eigenvalue weighted by Crippen LogP contribution is -2.39. The highest BCUT2D eigenvalue weighted by Crippen LogP contribution is 2.16. The summed E-state index contributed by atoms with van der Waals surface area (Å²) in [5.41, 5.74) is 2.09. The maximum Gasteiger partial charge on any atom is 0.226 e. The van der Waals surface area contributed by atoms with E-state index in [0.717, 1.165) is 12.8 Å². The van der Waals surface area contributed by atoms with Crippen LogP contribution in [-0.2, 0) is 17.6 Å². The van der Waals surface area contributed by atoms with Crippen molar-refractivity contribution in [3.05, 3.63) is 35.4 Å². The van der Waals surface area contributed by atoms with Gasteiger partial charge in [-0.3, -0.25) is 4.79 Å². The Bertz CT molecular complexity index is 384. The molecule has 3 heteroatoms. The van der Waals surface area contributed by atoms with E-state index in [1.807, 2.05) is 13.8 Å². The lowest BCUT2D eigenvalue weighted by molar-refractivity contribution is -0.128. The first-order chi connectivity index (χ1) is 8.49. The van der Waals surface area contributed by atoms with Crippen LogP contribution >= 0.6 is 11.6 Å². The number of hydrogen-bond donors (Lipinski definition) is 1. The van der Waals surface area contributed by atoms with Crippen LogP contribution in [0.5, 0.6) is 0 Å². The first kappa shape index (κ1) is 15.0. The summed E-state index contributed by atoms with van der Waals surface area (Å²) in [5.74, 6) is 0.354. The molecule has 1 N–H and O–H groups in total. The number of nitrogens with one attached hydrogen (secondary N) is 1. The number of amides is 1. The van der Waals surface area contributed by atoms with E-state index in [1.165, 1.54) is 11.1 Å². The van der Waals surface area contributed by atoms with Gasteiger partial charge in [-0.1, -0.05) is 31.2 Å². The lowest BCUT2D eigenvalue weighted by Gasteiger charge is -2.20. The van der Waals surface area contributed by atoms with Crippen molar-refractivity contribution in [2.75, 3.05) is 12.4 Å². The second-order valence-corrected chi connectivity index (χ2v) is 5.46. The smallest absolute Gasteiger partial charge is 0.226 e. The van der Waals surface area contributed by atoms with Gasteiger partial charge < -0.3 is 5.32 Å². The third-order valence-electron chi connectivity index (χ3n) is 3.08. The number of carbonyl (C=O) groups is 1. The van der Waals surface area contributed by atoms with E-state index < -0.39 is 5.41 Å². The quantitative estimate of drug-likeness (QED) is 0.788. The maximum atomic E-state index is 11.8. The minimum Gasteiger partial charge on any atom is -0.355 e. The van der Waals surface area contributed by atoms with Crippen LogP contribution in [0.15, 0.2) is 24.3 Å². The third-order valence-corrected chi connectivity index (χ3v) is 3.75. The normalized spacial score (nSPS) is 11.3. The van der Waals surface area contributed by atoms with Gasteiger partial charge in [0.2, 0.25) is 5.91 Å². The molecule has 18 heavy (non-hydrogen) atoms. The molecule has 0 aliphatic rings. The summed E-state index contributed by atoms with van der Waals surface area (Å²) in [6, 6.07) is 8.52. The topological polar surface area (TPSA) is 29.1 Å². The number of benzene rings is 1. The minimum atomic E-state index is -0.492. The number of hydrogen-bond acceptors (Lipinski definition) is 1. The predicted molar refractivity (Wildman–Crippen MR) is 77.0 cm³/mol. The van der Waals surface area contributed by atoms with Crippen molar-refractivity contribution in [3.8, 4) is 0 Å². The van der Waals surface area contributed by atoms with Crippen molar-refractivity contribution in [3.63, 3.8) is 0 Å². The Balaban J connectivity index is 2.39. The van der Waals surface area contributed by atoms with Gasteiger partial charge in [0, 0.05) is 12.4 Å². The summed E-state index contributed by atoms with van der Waals surface area (Å²) < 4.78 is 0. The van der Waals surface area contributed by atoms with Crippen LogP contribution in [0.1, 0.15) is 31.9 Å². The van der Waals surface area contributed by atoms with E-state index in [4.69, 9.17) is 11.6 Å². The average molecular weight is 268 g/mol. The number of alkyl halides is 1. The highest BCUT2D eigenvalue weighted by atomic mass is 35.5. The van der Waals surface area contributed by atoms with Crippen LogP contribution in [-0.4, -0.2) is 18.3 Å². The van der Waals surface area contributed by atoms with Crippen LogP contribution in [0.3, 0.4) is 0 Å². The van der Waals surface area contributed by atoms with E-state index in [1.54, 1.807) is 0 Å². The van der Waals surface area contributed by atoms with Crippen molar-refractivity contribution in [2.24, 2.45) is 5.41 Å². The van der Waals surface area contributed by atoms with Crippen molar-refractivity contribution in [2.45, 2.75) is 33.6 Å². The van der Waals surface area contributed by atoms with E-state index >= 15 is 0 Å². The second-order valence-electron chi connectivity index (χ2n) is 5.19. The molecule has 1 amide bonds. The summed E-state index contributed by atoms with van der Waals surface area (Å²) in [6.45, 7) is 6.50. The Morgan fingerprint density at radius 2 is 1.78 bits per heavy atom. The molecule has 0 heterocycles. The molecule has 0 spiro atoms. The van der Waals surface area contributed by atoms with Crippen LogP contribution in [0, 0.1) is 5.41 Å². The Labute approximate surface area is 115 Å². The van der Waals surface area contributed by atoms with Gasteiger partial charge in [-0.15, -0.1) is 11.6 Å². The second kappa shape index (κ2) is 6.79. The minimum absolute atomic E-state index is 0.0164. The summed E-state index contributed by atoms with van der Waals surface area (Å²) in [7, 11) is 0. The summed E-state index contributed by atoms with van der Waals surface area (Å²) in [5, 5.41) is 2.93.